The highest BCUT2D eigenvalue weighted by Crippen LogP contribution is 2.38. The summed E-state index contributed by atoms with van der Waals surface area (Å²) in [7, 11) is 0. The topological polar surface area (TPSA) is 76.5 Å². The molecule has 5 nitrogen and oxygen atoms in total. The number of hydrogen-bond acceptors (Lipinski definition) is 5. The van der Waals surface area contributed by atoms with Crippen molar-refractivity contribution in [3.05, 3.63) is 47.1 Å². The Bertz CT molecular complexity index is 830. The maximum atomic E-state index is 10.5. The van der Waals surface area contributed by atoms with Crippen LogP contribution in [0.15, 0.2) is 27.0 Å². The van der Waals surface area contributed by atoms with Gasteiger partial charge in [-0.05, 0) is 56.7 Å². The van der Waals surface area contributed by atoms with Crippen LogP contribution in [0.5, 0.6) is 0 Å². The smallest absolute Gasteiger partial charge is 0.313 e. The first-order valence-corrected chi connectivity index (χ1v) is 12.2. The van der Waals surface area contributed by atoms with Gasteiger partial charge in [0.1, 0.15) is 17.3 Å². The third kappa shape index (κ3) is 6.79. The number of oxazole rings is 1. The molecule has 0 aliphatic heterocycles. The number of aryl methyl sites for hydroxylation is 1. The molecule has 2 heterocycles. The summed E-state index contributed by atoms with van der Waals surface area (Å²) in [5, 5.41) is 8.65. The summed E-state index contributed by atoms with van der Waals surface area (Å²) in [5.74, 6) is 4.72. The van der Waals surface area contributed by atoms with Crippen LogP contribution < -0.4 is 0 Å². The first kappa shape index (κ1) is 22.7. The van der Waals surface area contributed by atoms with Crippen molar-refractivity contribution >= 4 is 23.8 Å². The fraction of sp³-hybridized carbons (Fsp3) is 0.583. The second-order valence-electron chi connectivity index (χ2n) is 8.21. The van der Waals surface area contributed by atoms with E-state index in [1.165, 1.54) is 56.7 Å². The Labute approximate surface area is 183 Å². The molecule has 6 heteroatoms. The first-order valence-electron chi connectivity index (χ1n) is 11.1. The van der Waals surface area contributed by atoms with E-state index in [0.29, 0.717) is 18.1 Å². The van der Waals surface area contributed by atoms with Crippen molar-refractivity contribution in [3.63, 3.8) is 0 Å². The second-order valence-corrected chi connectivity index (χ2v) is 9.24. The summed E-state index contributed by atoms with van der Waals surface area (Å²) in [6.07, 6.45) is 13.4. The van der Waals surface area contributed by atoms with Crippen molar-refractivity contribution in [3.8, 4) is 0 Å². The molecule has 0 bridgehead atoms. The Morgan fingerprint density at radius 1 is 1.27 bits per heavy atom. The molecular formula is C24H33NO4S. The number of carboxylic acids is 1. The molecule has 0 amide bonds. The maximum absolute atomic E-state index is 10.5. The van der Waals surface area contributed by atoms with Gasteiger partial charge in [-0.15, -0.1) is 11.8 Å². The van der Waals surface area contributed by atoms with Crippen molar-refractivity contribution in [1.29, 1.82) is 0 Å². The van der Waals surface area contributed by atoms with Crippen molar-refractivity contribution in [2.45, 2.75) is 71.1 Å². The minimum atomic E-state index is -0.791. The normalized spacial score (nSPS) is 19.5. The van der Waals surface area contributed by atoms with Gasteiger partial charge in [0.05, 0.1) is 17.9 Å². The summed E-state index contributed by atoms with van der Waals surface area (Å²) in [6, 6.07) is 3.90. The minimum Gasteiger partial charge on any atom is -0.481 e. The van der Waals surface area contributed by atoms with Gasteiger partial charge in [-0.2, -0.15) is 0 Å². The molecule has 30 heavy (non-hydrogen) atoms. The lowest BCUT2D eigenvalue weighted by Gasteiger charge is -2.26. The summed E-state index contributed by atoms with van der Waals surface area (Å²) in [6.45, 7) is 4.25. The van der Waals surface area contributed by atoms with Crippen LogP contribution in [0.3, 0.4) is 0 Å². The predicted molar refractivity (Wildman–Crippen MR) is 121 cm³/mol. The van der Waals surface area contributed by atoms with Crippen LogP contribution in [-0.4, -0.2) is 27.6 Å². The van der Waals surface area contributed by atoms with Gasteiger partial charge in [0.15, 0.2) is 5.89 Å². The van der Waals surface area contributed by atoms with Crippen LogP contribution in [0, 0.1) is 12.8 Å². The molecule has 0 unspecified atom stereocenters. The Kier molecular flexibility index (Phi) is 8.67. The van der Waals surface area contributed by atoms with Crippen LogP contribution in [0.25, 0.3) is 6.08 Å². The standard InChI is InChI=1S/C24H33NO4S/c1-3-4-6-18-8-10-19(11-9-18)24-25-22(17(2)28-24)15-21-13-12-20(29-21)7-5-14-30-16-23(26)27/h5,7,12-13,18-19H,3-4,6,8-11,14-16H2,1-2H3,(H,26,27)/b7-5+. The second kappa shape index (κ2) is 11.4. The lowest BCUT2D eigenvalue weighted by Crippen LogP contribution is -2.13. The van der Waals surface area contributed by atoms with Crippen molar-refractivity contribution in [1.82, 2.24) is 4.98 Å². The van der Waals surface area contributed by atoms with Gasteiger partial charge in [-0.3, -0.25) is 4.79 Å². The molecule has 164 valence electrons. The number of thioether (sulfide) groups is 1. The highest BCUT2D eigenvalue weighted by molar-refractivity contribution is 8.00. The lowest BCUT2D eigenvalue weighted by molar-refractivity contribution is -0.133. The number of aromatic nitrogens is 1. The van der Waals surface area contributed by atoms with E-state index in [-0.39, 0.29) is 5.75 Å². The summed E-state index contributed by atoms with van der Waals surface area (Å²) < 4.78 is 11.9. The Hall–Kier alpha value is -1.95. The molecule has 3 rings (SSSR count). The average Bonchev–Trinajstić information content (AvgIpc) is 3.33. The first-order chi connectivity index (χ1) is 14.5. The molecule has 0 spiro atoms. The number of carboxylic acid groups (broad SMARTS) is 1. The number of nitrogens with zero attached hydrogens (tertiary/aromatic N) is 1. The van der Waals surface area contributed by atoms with E-state index in [1.54, 1.807) is 0 Å². The fourth-order valence-corrected chi connectivity index (χ4v) is 4.63. The third-order valence-corrected chi connectivity index (χ3v) is 6.70. The number of furan rings is 1. The zero-order valence-corrected chi connectivity index (χ0v) is 18.9. The molecule has 1 N–H and O–H groups in total. The van der Waals surface area contributed by atoms with Gasteiger partial charge < -0.3 is 13.9 Å². The summed E-state index contributed by atoms with van der Waals surface area (Å²) in [4.78, 5) is 15.3. The van der Waals surface area contributed by atoms with E-state index in [4.69, 9.17) is 18.9 Å². The average molecular weight is 432 g/mol. The van der Waals surface area contributed by atoms with Gasteiger partial charge >= 0.3 is 5.97 Å². The predicted octanol–water partition coefficient (Wildman–Crippen LogP) is 6.46. The van der Waals surface area contributed by atoms with Gasteiger partial charge in [0.2, 0.25) is 0 Å². The zero-order chi connectivity index (χ0) is 21.3. The highest BCUT2D eigenvalue weighted by Gasteiger charge is 2.26. The number of unbranched alkanes of at least 4 members (excludes halogenated alkanes) is 1. The number of hydrogen-bond donors (Lipinski definition) is 1. The molecule has 1 aliphatic rings. The number of aliphatic carboxylic acids is 1. The Morgan fingerprint density at radius 3 is 2.80 bits per heavy atom. The zero-order valence-electron chi connectivity index (χ0n) is 18.1. The molecule has 0 radical (unpaired) electrons. The van der Waals surface area contributed by atoms with Crippen LogP contribution in [0.4, 0.5) is 0 Å². The van der Waals surface area contributed by atoms with Gasteiger partial charge in [-0.25, -0.2) is 4.98 Å². The largest absolute Gasteiger partial charge is 0.481 e. The Morgan fingerprint density at radius 2 is 2.07 bits per heavy atom. The molecular weight excluding hydrogens is 398 g/mol. The number of carbonyl (C=O) groups is 1. The lowest BCUT2D eigenvalue weighted by atomic mass is 9.80. The van der Waals surface area contributed by atoms with Crippen molar-refractivity contribution in [2.24, 2.45) is 5.92 Å². The monoisotopic (exact) mass is 431 g/mol. The quantitative estimate of drug-likeness (QED) is 0.411. The number of rotatable bonds is 11. The van der Waals surface area contributed by atoms with Gasteiger partial charge in [0.25, 0.3) is 0 Å². The van der Waals surface area contributed by atoms with E-state index in [9.17, 15) is 4.79 Å². The fourth-order valence-electron chi connectivity index (χ4n) is 4.10. The van der Waals surface area contributed by atoms with E-state index in [2.05, 4.69) is 6.92 Å². The van der Waals surface area contributed by atoms with Crippen molar-refractivity contribution in [2.75, 3.05) is 11.5 Å². The van der Waals surface area contributed by atoms with Crippen LogP contribution in [-0.2, 0) is 11.2 Å². The molecule has 1 saturated carbocycles. The summed E-state index contributed by atoms with van der Waals surface area (Å²) >= 11 is 1.36. The van der Waals surface area contributed by atoms with Crippen LogP contribution in [0.2, 0.25) is 0 Å². The van der Waals surface area contributed by atoms with Gasteiger partial charge in [0, 0.05) is 11.7 Å². The summed E-state index contributed by atoms with van der Waals surface area (Å²) in [5.41, 5.74) is 0.958. The van der Waals surface area contributed by atoms with E-state index < -0.39 is 5.97 Å². The van der Waals surface area contributed by atoms with Gasteiger partial charge in [-0.1, -0.05) is 32.3 Å². The van der Waals surface area contributed by atoms with E-state index >= 15 is 0 Å². The van der Waals surface area contributed by atoms with E-state index in [0.717, 1.165) is 34.8 Å². The molecule has 0 aromatic carbocycles. The molecule has 1 fully saturated rings. The maximum Gasteiger partial charge on any atom is 0.313 e. The molecule has 1 aliphatic carbocycles. The third-order valence-electron chi connectivity index (χ3n) is 5.82. The molecule has 2 aromatic rings. The van der Waals surface area contributed by atoms with Crippen molar-refractivity contribution < 1.29 is 18.7 Å². The Balaban J connectivity index is 1.51. The SMILES string of the molecule is CCCCC1CCC(c2nc(Cc3ccc(/C=C/CSCC(=O)O)o3)c(C)o2)CC1. The van der Waals surface area contributed by atoms with E-state index in [1.807, 2.05) is 31.2 Å². The molecule has 2 aromatic heterocycles. The van der Waals surface area contributed by atoms with Crippen LogP contribution >= 0.6 is 11.8 Å². The molecule has 0 saturated heterocycles. The minimum absolute atomic E-state index is 0.113. The highest BCUT2D eigenvalue weighted by atomic mass is 32.2. The van der Waals surface area contributed by atoms with Crippen LogP contribution in [0.1, 0.15) is 86.7 Å². The molecule has 0 atom stereocenters.